The van der Waals surface area contributed by atoms with Crippen LogP contribution in [-0.4, -0.2) is 22.3 Å². The third kappa shape index (κ3) is 2.23. The van der Waals surface area contributed by atoms with Gasteiger partial charge in [-0.15, -0.1) is 0 Å². The van der Waals surface area contributed by atoms with Crippen LogP contribution < -0.4 is 4.90 Å². The number of piperidine rings is 1. The van der Waals surface area contributed by atoms with Crippen molar-refractivity contribution in [3.63, 3.8) is 0 Å². The number of hydrogen-bond donors (Lipinski definition) is 0. The van der Waals surface area contributed by atoms with Crippen LogP contribution in [0.25, 0.3) is 10.9 Å². The van der Waals surface area contributed by atoms with Crippen LogP contribution >= 0.6 is 27.5 Å². The van der Waals surface area contributed by atoms with Crippen LogP contribution in [0.3, 0.4) is 0 Å². The molecule has 1 atom stereocenters. The second kappa shape index (κ2) is 5.10. The molecule has 0 radical (unpaired) electrons. The van der Waals surface area contributed by atoms with E-state index < -0.39 is 0 Å². The maximum Gasteiger partial charge on any atom is 0.240 e. The number of hydrogen-bond acceptors (Lipinski definition) is 2. The van der Waals surface area contributed by atoms with Crippen LogP contribution in [0.1, 0.15) is 12.8 Å². The maximum absolute atomic E-state index is 12.3. The van der Waals surface area contributed by atoms with Crippen LogP contribution in [-0.2, 0) is 4.79 Å². The zero-order valence-corrected chi connectivity index (χ0v) is 12.5. The standard InChI is InChI=1S/C14H12BrClN2O/c15-10-4-2-8-18(14(10)19)12-6-5-11(16)9-3-1-7-17-13(9)12/h1,3,5-7,10H,2,4,8H2. The molecule has 1 aliphatic heterocycles. The zero-order chi connectivity index (χ0) is 13.4. The van der Waals surface area contributed by atoms with E-state index in [-0.39, 0.29) is 10.7 Å². The first-order chi connectivity index (χ1) is 9.18. The lowest BCUT2D eigenvalue weighted by atomic mass is 10.1. The lowest BCUT2D eigenvalue weighted by Crippen LogP contribution is -2.41. The van der Waals surface area contributed by atoms with Gasteiger partial charge in [-0.05, 0) is 37.1 Å². The molecule has 0 bridgehead atoms. The minimum atomic E-state index is -0.101. The first-order valence-corrected chi connectivity index (χ1v) is 7.46. The Balaban J connectivity index is 2.15. The summed E-state index contributed by atoms with van der Waals surface area (Å²) in [6, 6.07) is 7.48. The number of pyridine rings is 1. The predicted octanol–water partition coefficient (Wildman–Crippen LogP) is 3.78. The highest BCUT2D eigenvalue weighted by Crippen LogP contribution is 2.33. The van der Waals surface area contributed by atoms with Gasteiger partial charge in [0.2, 0.25) is 5.91 Å². The van der Waals surface area contributed by atoms with Gasteiger partial charge >= 0.3 is 0 Å². The van der Waals surface area contributed by atoms with Gasteiger partial charge in [0.15, 0.2) is 0 Å². The third-order valence-corrected chi connectivity index (χ3v) is 4.54. The van der Waals surface area contributed by atoms with E-state index in [4.69, 9.17) is 11.6 Å². The van der Waals surface area contributed by atoms with Crippen molar-refractivity contribution in [1.29, 1.82) is 0 Å². The van der Waals surface area contributed by atoms with Crippen molar-refractivity contribution >= 4 is 50.0 Å². The molecule has 1 saturated heterocycles. The number of rotatable bonds is 1. The molecule has 3 rings (SSSR count). The van der Waals surface area contributed by atoms with Gasteiger partial charge in [0, 0.05) is 18.1 Å². The summed E-state index contributed by atoms with van der Waals surface area (Å²) in [6.45, 7) is 0.730. The number of nitrogens with zero attached hydrogens (tertiary/aromatic N) is 2. The predicted molar refractivity (Wildman–Crippen MR) is 81.1 cm³/mol. The van der Waals surface area contributed by atoms with E-state index in [0.717, 1.165) is 36.0 Å². The normalized spacial score (nSPS) is 20.0. The Bertz CT molecular complexity index is 646. The number of carbonyl (C=O) groups is 1. The molecule has 1 aromatic heterocycles. The van der Waals surface area contributed by atoms with Gasteiger partial charge in [0.05, 0.1) is 21.1 Å². The maximum atomic E-state index is 12.3. The van der Waals surface area contributed by atoms with Crippen molar-refractivity contribution in [1.82, 2.24) is 4.98 Å². The molecular formula is C14H12BrClN2O. The molecule has 1 aliphatic rings. The lowest BCUT2D eigenvalue weighted by molar-refractivity contribution is -0.118. The van der Waals surface area contributed by atoms with Gasteiger partial charge in [-0.3, -0.25) is 9.78 Å². The van der Waals surface area contributed by atoms with Crippen LogP contribution in [0.4, 0.5) is 5.69 Å². The second-order valence-electron chi connectivity index (χ2n) is 4.57. The topological polar surface area (TPSA) is 33.2 Å². The van der Waals surface area contributed by atoms with Gasteiger partial charge < -0.3 is 4.90 Å². The number of alkyl halides is 1. The molecule has 1 amide bonds. The lowest BCUT2D eigenvalue weighted by Gasteiger charge is -2.30. The number of carbonyl (C=O) groups excluding carboxylic acids is 1. The molecular weight excluding hydrogens is 328 g/mol. The monoisotopic (exact) mass is 338 g/mol. The summed E-state index contributed by atoms with van der Waals surface area (Å²) in [5.74, 6) is 0.0977. The van der Waals surface area contributed by atoms with Crippen LogP contribution in [0.15, 0.2) is 30.5 Å². The number of amides is 1. The van der Waals surface area contributed by atoms with Crippen molar-refractivity contribution in [3.8, 4) is 0 Å². The molecule has 1 unspecified atom stereocenters. The molecule has 0 spiro atoms. The van der Waals surface area contributed by atoms with E-state index in [2.05, 4.69) is 20.9 Å². The Morgan fingerprint density at radius 1 is 1.37 bits per heavy atom. The Morgan fingerprint density at radius 2 is 2.21 bits per heavy atom. The fraction of sp³-hybridized carbons (Fsp3) is 0.286. The molecule has 5 heteroatoms. The van der Waals surface area contributed by atoms with Gasteiger partial charge in [-0.1, -0.05) is 27.5 Å². The summed E-state index contributed by atoms with van der Waals surface area (Å²) in [5.41, 5.74) is 1.62. The van der Waals surface area contributed by atoms with Gasteiger partial charge in [-0.25, -0.2) is 0 Å². The highest BCUT2D eigenvalue weighted by molar-refractivity contribution is 9.10. The summed E-state index contributed by atoms with van der Waals surface area (Å²) in [5, 5.41) is 1.54. The minimum Gasteiger partial charge on any atom is -0.309 e. The second-order valence-corrected chi connectivity index (χ2v) is 6.08. The first-order valence-electron chi connectivity index (χ1n) is 6.17. The molecule has 98 valence electrons. The fourth-order valence-electron chi connectivity index (χ4n) is 2.41. The van der Waals surface area contributed by atoms with E-state index in [1.165, 1.54) is 0 Å². The van der Waals surface area contributed by atoms with E-state index in [1.807, 2.05) is 24.3 Å². The SMILES string of the molecule is O=C1C(Br)CCCN1c1ccc(Cl)c2cccnc12. The Kier molecular flexibility index (Phi) is 3.46. The highest BCUT2D eigenvalue weighted by atomic mass is 79.9. The number of anilines is 1. The number of aromatic nitrogens is 1. The minimum absolute atomic E-state index is 0.0977. The Morgan fingerprint density at radius 3 is 3.05 bits per heavy atom. The molecule has 0 aliphatic carbocycles. The van der Waals surface area contributed by atoms with E-state index in [1.54, 1.807) is 11.1 Å². The van der Waals surface area contributed by atoms with Crippen LogP contribution in [0, 0.1) is 0 Å². The summed E-state index contributed by atoms with van der Waals surface area (Å²) in [7, 11) is 0. The molecule has 0 N–H and O–H groups in total. The average Bonchev–Trinajstić information content (AvgIpc) is 2.43. The van der Waals surface area contributed by atoms with Crippen LogP contribution in [0.2, 0.25) is 5.02 Å². The Hall–Kier alpha value is -1.13. The average molecular weight is 340 g/mol. The van der Waals surface area contributed by atoms with Gasteiger partial charge in [0.25, 0.3) is 0 Å². The first kappa shape index (κ1) is 12.9. The smallest absolute Gasteiger partial charge is 0.240 e. The zero-order valence-electron chi connectivity index (χ0n) is 10.1. The van der Waals surface area contributed by atoms with Gasteiger partial charge in [0.1, 0.15) is 0 Å². The van der Waals surface area contributed by atoms with Crippen molar-refractivity contribution < 1.29 is 4.79 Å². The largest absolute Gasteiger partial charge is 0.309 e. The third-order valence-electron chi connectivity index (χ3n) is 3.36. The summed E-state index contributed by atoms with van der Waals surface area (Å²) < 4.78 is 0. The summed E-state index contributed by atoms with van der Waals surface area (Å²) in [4.78, 5) is 18.4. The molecule has 2 aromatic rings. The number of fused-ring (bicyclic) bond motifs is 1. The molecule has 3 nitrogen and oxygen atoms in total. The highest BCUT2D eigenvalue weighted by Gasteiger charge is 2.28. The molecule has 1 fully saturated rings. The fourth-order valence-corrected chi connectivity index (χ4v) is 3.20. The van der Waals surface area contributed by atoms with Crippen molar-refractivity contribution in [3.05, 3.63) is 35.5 Å². The van der Waals surface area contributed by atoms with Gasteiger partial charge in [-0.2, -0.15) is 0 Å². The molecule has 19 heavy (non-hydrogen) atoms. The molecule has 1 aromatic carbocycles. The molecule has 2 heterocycles. The quantitative estimate of drug-likeness (QED) is 0.741. The molecule has 0 saturated carbocycles. The van der Waals surface area contributed by atoms with E-state index in [9.17, 15) is 4.79 Å². The number of benzene rings is 1. The summed E-state index contributed by atoms with van der Waals surface area (Å²) >= 11 is 9.61. The van der Waals surface area contributed by atoms with Crippen molar-refractivity contribution in [2.45, 2.75) is 17.7 Å². The van der Waals surface area contributed by atoms with E-state index >= 15 is 0 Å². The van der Waals surface area contributed by atoms with Crippen molar-refractivity contribution in [2.24, 2.45) is 0 Å². The van der Waals surface area contributed by atoms with Crippen molar-refractivity contribution in [2.75, 3.05) is 11.4 Å². The number of halogens is 2. The van der Waals surface area contributed by atoms with Crippen LogP contribution in [0.5, 0.6) is 0 Å². The Labute approximate surface area is 124 Å². The summed E-state index contributed by atoms with van der Waals surface area (Å²) in [6.07, 6.45) is 3.59. The van der Waals surface area contributed by atoms with E-state index in [0.29, 0.717) is 5.02 Å².